The summed E-state index contributed by atoms with van der Waals surface area (Å²) < 4.78 is 0. The van der Waals surface area contributed by atoms with Crippen molar-refractivity contribution < 1.29 is 14.7 Å². The van der Waals surface area contributed by atoms with Crippen LogP contribution in [0.15, 0.2) is 18.2 Å². The van der Waals surface area contributed by atoms with Gasteiger partial charge in [0, 0.05) is 20.0 Å². The summed E-state index contributed by atoms with van der Waals surface area (Å²) in [6.45, 7) is 3.25. The second-order valence-corrected chi connectivity index (χ2v) is 5.83. The Hall–Kier alpha value is -1.84. The molecule has 0 unspecified atom stereocenters. The van der Waals surface area contributed by atoms with Crippen LogP contribution in [-0.2, 0) is 17.6 Å². The minimum absolute atomic E-state index is 0.138. The van der Waals surface area contributed by atoms with Gasteiger partial charge in [0.1, 0.15) is 0 Å². The molecule has 1 fully saturated rings. The number of aromatic carboxylic acids is 1. The molecule has 0 radical (unpaired) electrons. The molecule has 1 atom stereocenters. The summed E-state index contributed by atoms with van der Waals surface area (Å²) in [6.07, 6.45) is 2.88. The molecule has 1 saturated heterocycles. The van der Waals surface area contributed by atoms with Crippen LogP contribution in [0.4, 0.5) is 0 Å². The van der Waals surface area contributed by atoms with Gasteiger partial charge >= 0.3 is 5.97 Å². The zero-order valence-electron chi connectivity index (χ0n) is 11.0. The zero-order chi connectivity index (χ0) is 13.6. The largest absolute Gasteiger partial charge is 0.478 e. The Morgan fingerprint density at radius 3 is 2.63 bits per heavy atom. The fourth-order valence-electron chi connectivity index (χ4n) is 3.46. The number of carbonyl (C=O) groups excluding carboxylic acids is 1. The van der Waals surface area contributed by atoms with Crippen LogP contribution in [0.3, 0.4) is 0 Å². The number of fused-ring (bicyclic) bond motifs is 1. The predicted octanol–water partition coefficient (Wildman–Crippen LogP) is 1.72. The van der Waals surface area contributed by atoms with Gasteiger partial charge in [-0.05, 0) is 47.9 Å². The number of hydrogen-bond acceptors (Lipinski definition) is 2. The Balaban J connectivity index is 1.85. The summed E-state index contributed by atoms with van der Waals surface area (Å²) in [4.78, 5) is 24.4. The van der Waals surface area contributed by atoms with Crippen LogP contribution in [0.1, 0.15) is 34.8 Å². The minimum Gasteiger partial charge on any atom is -0.478 e. The van der Waals surface area contributed by atoms with Gasteiger partial charge in [0.15, 0.2) is 0 Å². The van der Waals surface area contributed by atoms with E-state index in [1.807, 2.05) is 11.0 Å². The maximum Gasteiger partial charge on any atom is 0.335 e. The Bertz CT molecular complexity index is 567. The van der Waals surface area contributed by atoms with E-state index in [0.29, 0.717) is 5.56 Å². The van der Waals surface area contributed by atoms with Gasteiger partial charge in [-0.2, -0.15) is 0 Å². The molecule has 1 aromatic carbocycles. The summed E-state index contributed by atoms with van der Waals surface area (Å²) >= 11 is 0. The van der Waals surface area contributed by atoms with Gasteiger partial charge in [-0.25, -0.2) is 4.79 Å². The molecule has 3 rings (SSSR count). The van der Waals surface area contributed by atoms with Crippen LogP contribution in [0.5, 0.6) is 0 Å². The second kappa shape index (κ2) is 4.08. The van der Waals surface area contributed by atoms with Crippen molar-refractivity contribution in [3.8, 4) is 0 Å². The first-order valence-electron chi connectivity index (χ1n) is 6.60. The molecular weight excluding hydrogens is 242 g/mol. The van der Waals surface area contributed by atoms with E-state index in [9.17, 15) is 9.59 Å². The summed E-state index contributed by atoms with van der Waals surface area (Å²) in [5, 5.41) is 9.03. The molecule has 1 N–H and O–H groups in total. The average molecular weight is 259 g/mol. The van der Waals surface area contributed by atoms with Crippen LogP contribution in [0.2, 0.25) is 0 Å². The van der Waals surface area contributed by atoms with Crippen LogP contribution in [-0.4, -0.2) is 35.0 Å². The summed E-state index contributed by atoms with van der Waals surface area (Å²) in [5.74, 6) is -0.736. The van der Waals surface area contributed by atoms with Crippen molar-refractivity contribution in [3.05, 3.63) is 34.9 Å². The van der Waals surface area contributed by atoms with Gasteiger partial charge < -0.3 is 10.0 Å². The first-order chi connectivity index (χ1) is 8.99. The van der Waals surface area contributed by atoms with Crippen molar-refractivity contribution in [2.75, 3.05) is 13.1 Å². The first kappa shape index (κ1) is 12.2. The highest BCUT2D eigenvalue weighted by atomic mass is 16.4. The van der Waals surface area contributed by atoms with Gasteiger partial charge in [-0.3, -0.25) is 4.79 Å². The van der Waals surface area contributed by atoms with Gasteiger partial charge in [0.05, 0.1) is 5.56 Å². The second-order valence-electron chi connectivity index (χ2n) is 5.83. The van der Waals surface area contributed by atoms with Crippen molar-refractivity contribution in [1.82, 2.24) is 4.90 Å². The third-order valence-corrected chi connectivity index (χ3v) is 4.47. The summed E-state index contributed by atoms with van der Waals surface area (Å²) in [5.41, 5.74) is 2.89. The molecule has 4 nitrogen and oxygen atoms in total. The van der Waals surface area contributed by atoms with Crippen molar-refractivity contribution in [2.24, 2.45) is 5.41 Å². The number of rotatable bonds is 1. The molecule has 100 valence electrons. The van der Waals surface area contributed by atoms with Gasteiger partial charge in [0.2, 0.25) is 5.91 Å². The topological polar surface area (TPSA) is 57.6 Å². The zero-order valence-corrected chi connectivity index (χ0v) is 11.0. The normalized spacial score (nSPS) is 24.8. The van der Waals surface area contributed by atoms with E-state index >= 15 is 0 Å². The number of likely N-dealkylation sites (tertiary alicyclic amines) is 1. The van der Waals surface area contributed by atoms with Crippen LogP contribution in [0, 0.1) is 5.41 Å². The van der Waals surface area contributed by atoms with E-state index in [1.165, 1.54) is 5.56 Å². The maximum absolute atomic E-state index is 11.5. The van der Waals surface area contributed by atoms with Crippen molar-refractivity contribution >= 4 is 11.9 Å². The smallest absolute Gasteiger partial charge is 0.335 e. The van der Waals surface area contributed by atoms with E-state index in [0.717, 1.165) is 37.9 Å². The molecule has 0 saturated carbocycles. The monoisotopic (exact) mass is 259 g/mol. The highest BCUT2D eigenvalue weighted by molar-refractivity contribution is 5.88. The number of nitrogens with zero attached hydrogens (tertiary/aromatic N) is 1. The minimum atomic E-state index is -0.875. The standard InChI is InChI=1S/C15H17NO3/c1-10(17)16-5-4-15(9-16)7-12-3-2-11(14(18)19)6-13(12)8-15/h2-3,6H,4-5,7-9H2,1H3,(H,18,19)/t15-/m0/s1. The number of carboxylic acid groups (broad SMARTS) is 1. The Morgan fingerprint density at radius 1 is 1.26 bits per heavy atom. The highest BCUT2D eigenvalue weighted by Gasteiger charge is 2.43. The summed E-state index contributed by atoms with van der Waals surface area (Å²) in [6, 6.07) is 5.41. The SMILES string of the molecule is CC(=O)N1CC[C@@]2(Cc3ccc(C(=O)O)cc3C2)C1. The van der Waals surface area contributed by atoms with Crippen molar-refractivity contribution in [3.63, 3.8) is 0 Å². The molecule has 1 aliphatic carbocycles. The lowest BCUT2D eigenvalue weighted by Crippen LogP contribution is -2.30. The predicted molar refractivity (Wildman–Crippen MR) is 70.1 cm³/mol. The lowest BCUT2D eigenvalue weighted by Gasteiger charge is -2.23. The molecule has 2 aliphatic rings. The van der Waals surface area contributed by atoms with Gasteiger partial charge in [-0.1, -0.05) is 6.07 Å². The van der Waals surface area contributed by atoms with E-state index in [4.69, 9.17) is 5.11 Å². The molecule has 4 heteroatoms. The number of carbonyl (C=O) groups is 2. The molecule has 1 amide bonds. The Labute approximate surface area is 112 Å². The molecule has 19 heavy (non-hydrogen) atoms. The van der Waals surface area contributed by atoms with Crippen molar-refractivity contribution in [1.29, 1.82) is 0 Å². The molecule has 0 aromatic heterocycles. The lowest BCUT2D eigenvalue weighted by molar-refractivity contribution is -0.128. The Kier molecular flexibility index (Phi) is 2.62. The maximum atomic E-state index is 11.5. The molecular formula is C15H17NO3. The number of amides is 1. The number of benzene rings is 1. The third kappa shape index (κ3) is 2.01. The molecule has 1 aromatic rings. The number of hydrogen-bond donors (Lipinski definition) is 1. The van der Waals surface area contributed by atoms with E-state index in [-0.39, 0.29) is 11.3 Å². The van der Waals surface area contributed by atoms with E-state index in [2.05, 4.69) is 0 Å². The fraction of sp³-hybridized carbons (Fsp3) is 0.467. The molecule has 1 spiro atoms. The molecule has 1 aliphatic heterocycles. The summed E-state index contributed by atoms with van der Waals surface area (Å²) in [7, 11) is 0. The quantitative estimate of drug-likeness (QED) is 0.835. The van der Waals surface area contributed by atoms with Gasteiger partial charge in [0.25, 0.3) is 0 Å². The van der Waals surface area contributed by atoms with Crippen molar-refractivity contribution in [2.45, 2.75) is 26.2 Å². The lowest BCUT2D eigenvalue weighted by atomic mass is 9.84. The van der Waals surface area contributed by atoms with Crippen LogP contribution >= 0.6 is 0 Å². The number of carboxylic acids is 1. The molecule has 0 bridgehead atoms. The first-order valence-corrected chi connectivity index (χ1v) is 6.60. The fourth-order valence-corrected chi connectivity index (χ4v) is 3.46. The van der Waals surface area contributed by atoms with E-state index in [1.54, 1.807) is 19.1 Å². The van der Waals surface area contributed by atoms with Gasteiger partial charge in [-0.15, -0.1) is 0 Å². The average Bonchev–Trinajstić information content (AvgIpc) is 2.91. The van der Waals surface area contributed by atoms with Crippen LogP contribution in [0.25, 0.3) is 0 Å². The molecule has 1 heterocycles. The third-order valence-electron chi connectivity index (χ3n) is 4.47. The van der Waals surface area contributed by atoms with Crippen LogP contribution < -0.4 is 0 Å². The Morgan fingerprint density at radius 2 is 2.00 bits per heavy atom. The highest BCUT2D eigenvalue weighted by Crippen LogP contribution is 2.44. The van der Waals surface area contributed by atoms with E-state index < -0.39 is 5.97 Å².